The number of nitrogens with two attached hydrogens (primary N) is 1. The van der Waals surface area contributed by atoms with Gasteiger partial charge in [-0.2, -0.15) is 9.78 Å². The highest BCUT2D eigenvalue weighted by molar-refractivity contribution is 6.42. The molecule has 0 saturated carbocycles. The molecule has 5 rings (SSSR count). The number of aryl methyl sites for hydroxylation is 1. The van der Waals surface area contributed by atoms with E-state index in [4.69, 9.17) is 5.73 Å². The Morgan fingerprint density at radius 1 is 1.13 bits per heavy atom. The van der Waals surface area contributed by atoms with Crippen molar-refractivity contribution in [2.75, 3.05) is 31.1 Å². The molecule has 12 nitrogen and oxygen atoms in total. The largest absolute Gasteiger partial charge is 0.395 e. The summed E-state index contributed by atoms with van der Waals surface area (Å²) in [5.41, 5.74) is 7.44. The zero-order valence-electron chi connectivity index (χ0n) is 20.6. The van der Waals surface area contributed by atoms with Crippen molar-refractivity contribution in [3.05, 3.63) is 83.3 Å². The second kappa shape index (κ2) is 10.1. The maximum absolute atomic E-state index is 14.9. The minimum absolute atomic E-state index is 0.123. The molecule has 1 saturated heterocycles. The fourth-order valence-electron chi connectivity index (χ4n) is 4.34. The summed E-state index contributed by atoms with van der Waals surface area (Å²) in [4.78, 5) is 32.7. The van der Waals surface area contributed by atoms with Gasteiger partial charge in [0.25, 0.3) is 11.7 Å². The molecule has 1 aliphatic heterocycles. The fourth-order valence-corrected chi connectivity index (χ4v) is 4.34. The first-order chi connectivity index (χ1) is 18.4. The van der Waals surface area contributed by atoms with Gasteiger partial charge in [-0.1, -0.05) is 29.9 Å². The zero-order chi connectivity index (χ0) is 26.8. The lowest BCUT2D eigenvalue weighted by molar-refractivity contribution is -0.126. The summed E-state index contributed by atoms with van der Waals surface area (Å²) in [5, 5.41) is 16.2. The monoisotopic (exact) mass is 516 g/mol. The zero-order valence-corrected chi connectivity index (χ0v) is 20.6. The van der Waals surface area contributed by atoms with Crippen LogP contribution in [0.3, 0.4) is 0 Å². The summed E-state index contributed by atoms with van der Waals surface area (Å²) in [6.45, 7) is 4.80. The molecule has 0 unspecified atom stereocenters. The average molecular weight is 517 g/mol. The number of halogens is 1. The number of amides is 1. The number of H-pyrrole nitrogens is 1. The van der Waals surface area contributed by atoms with Crippen LogP contribution in [0.5, 0.6) is 0 Å². The van der Waals surface area contributed by atoms with Gasteiger partial charge in [-0.15, -0.1) is 0 Å². The van der Waals surface area contributed by atoms with E-state index in [0.717, 1.165) is 11.8 Å². The number of tetrazole rings is 1. The number of rotatable bonds is 6. The van der Waals surface area contributed by atoms with Crippen molar-refractivity contribution in [2.24, 2.45) is 12.8 Å². The molecule has 13 heteroatoms. The third-order valence-electron chi connectivity index (χ3n) is 6.30. The van der Waals surface area contributed by atoms with Gasteiger partial charge in [-0.3, -0.25) is 14.3 Å². The van der Waals surface area contributed by atoms with Crippen molar-refractivity contribution in [3.63, 3.8) is 0 Å². The molecule has 38 heavy (non-hydrogen) atoms. The van der Waals surface area contributed by atoms with Crippen molar-refractivity contribution < 1.29 is 14.0 Å². The molecule has 1 amide bonds. The number of nitrogens with zero attached hydrogens (tertiary/aromatic N) is 8. The molecular weight excluding hydrogens is 491 g/mol. The number of aromatic amines is 1. The summed E-state index contributed by atoms with van der Waals surface area (Å²) in [6, 6.07) is 11.1. The van der Waals surface area contributed by atoms with Crippen LogP contribution in [0.4, 0.5) is 10.3 Å². The molecule has 1 aliphatic rings. The molecule has 4 aromatic rings. The van der Waals surface area contributed by atoms with Crippen LogP contribution in [0, 0.1) is 0 Å². The van der Waals surface area contributed by atoms with Crippen LogP contribution in [0.25, 0.3) is 17.2 Å². The average Bonchev–Trinajstić information content (AvgIpc) is 3.72. The smallest absolute Gasteiger partial charge is 0.295 e. The minimum atomic E-state index is -0.851. The molecular formula is C25H25FN10O2. The molecule has 3 aromatic heterocycles. The first-order valence-electron chi connectivity index (χ1n) is 11.8. The van der Waals surface area contributed by atoms with Gasteiger partial charge in [0.2, 0.25) is 5.95 Å². The lowest BCUT2D eigenvalue weighted by Gasteiger charge is -2.34. The Labute approximate surface area is 216 Å². The number of piperazine rings is 1. The second-order valence-corrected chi connectivity index (χ2v) is 8.63. The Balaban J connectivity index is 1.38. The molecule has 4 heterocycles. The summed E-state index contributed by atoms with van der Waals surface area (Å²) in [5.74, 6) is -1.84. The molecule has 0 aliphatic carbocycles. The van der Waals surface area contributed by atoms with Gasteiger partial charge in [0.15, 0.2) is 0 Å². The molecule has 0 atom stereocenters. The van der Waals surface area contributed by atoms with Gasteiger partial charge in [0.05, 0.1) is 22.3 Å². The third kappa shape index (κ3) is 4.45. The number of hydrogen-bond acceptors (Lipinski definition) is 8. The van der Waals surface area contributed by atoms with Crippen molar-refractivity contribution >= 4 is 29.2 Å². The lowest BCUT2D eigenvalue weighted by atomic mass is 10.1. The van der Waals surface area contributed by atoms with Crippen LogP contribution in [0.15, 0.2) is 61.4 Å². The predicted octanol–water partition coefficient (Wildman–Crippen LogP) is -0.366. The number of carbonyl (C=O) groups excluding carboxylic acids is 2. The SMILES string of the molecule is C=C/C(F)=c1/c(C(=O)C(=O)N2CCN(c3nnnn3-c3ccccc3)CC2)c[nH]/c1=C(/N)c1ccn(C)n1. The van der Waals surface area contributed by atoms with Crippen LogP contribution in [0.1, 0.15) is 16.1 Å². The van der Waals surface area contributed by atoms with E-state index in [1.165, 1.54) is 11.1 Å². The molecule has 194 valence electrons. The Bertz CT molecular complexity index is 1630. The first kappa shape index (κ1) is 24.6. The number of carbonyl (C=O) groups is 2. The Morgan fingerprint density at radius 3 is 2.53 bits per heavy atom. The summed E-state index contributed by atoms with van der Waals surface area (Å²) < 4.78 is 18.1. The number of anilines is 1. The van der Waals surface area contributed by atoms with Gasteiger partial charge < -0.3 is 20.5 Å². The van der Waals surface area contributed by atoms with Crippen LogP contribution in [-0.2, 0) is 11.8 Å². The number of para-hydroxylation sites is 1. The van der Waals surface area contributed by atoms with Gasteiger partial charge in [0, 0.05) is 50.8 Å². The Kier molecular flexibility index (Phi) is 6.56. The second-order valence-electron chi connectivity index (χ2n) is 8.63. The topological polar surface area (TPSA) is 144 Å². The van der Waals surface area contributed by atoms with Crippen LogP contribution in [-0.4, -0.2) is 77.7 Å². The minimum Gasteiger partial charge on any atom is -0.395 e. The lowest BCUT2D eigenvalue weighted by Crippen LogP contribution is -2.51. The molecule has 1 aromatic carbocycles. The van der Waals surface area contributed by atoms with E-state index >= 15 is 0 Å². The third-order valence-corrected chi connectivity index (χ3v) is 6.30. The van der Waals surface area contributed by atoms with Crippen molar-refractivity contribution in [1.29, 1.82) is 0 Å². The predicted molar refractivity (Wildman–Crippen MR) is 137 cm³/mol. The number of nitrogens with one attached hydrogen (secondary N) is 1. The van der Waals surface area contributed by atoms with Gasteiger partial charge in [-0.25, -0.2) is 4.39 Å². The van der Waals surface area contributed by atoms with Gasteiger partial charge in [-0.05, 0) is 34.7 Å². The first-order valence-corrected chi connectivity index (χ1v) is 11.8. The van der Waals surface area contributed by atoms with E-state index in [9.17, 15) is 14.0 Å². The summed E-state index contributed by atoms with van der Waals surface area (Å²) >= 11 is 0. The van der Waals surface area contributed by atoms with Crippen LogP contribution < -0.4 is 21.2 Å². The highest BCUT2D eigenvalue weighted by Gasteiger charge is 2.30. The van der Waals surface area contributed by atoms with Crippen LogP contribution >= 0.6 is 0 Å². The summed E-state index contributed by atoms with van der Waals surface area (Å²) in [7, 11) is 1.72. The normalized spacial score (nSPS) is 15.3. The van der Waals surface area contributed by atoms with E-state index in [1.54, 1.807) is 28.7 Å². The van der Waals surface area contributed by atoms with E-state index in [-0.39, 0.29) is 34.9 Å². The number of hydrogen-bond donors (Lipinski definition) is 2. The number of Topliss-reactive ketones (excluding diaryl/α,β-unsaturated/α-hetero) is 1. The Morgan fingerprint density at radius 2 is 1.87 bits per heavy atom. The molecule has 3 N–H and O–H groups in total. The number of allylic oxidation sites excluding steroid dienone is 1. The quantitative estimate of drug-likeness (QED) is 0.261. The number of benzene rings is 1. The maximum Gasteiger partial charge on any atom is 0.295 e. The van der Waals surface area contributed by atoms with E-state index < -0.39 is 17.5 Å². The van der Waals surface area contributed by atoms with Gasteiger partial charge in [0.1, 0.15) is 11.5 Å². The Hall–Kier alpha value is -5.07. The van der Waals surface area contributed by atoms with Gasteiger partial charge >= 0.3 is 0 Å². The molecule has 0 bridgehead atoms. The van der Waals surface area contributed by atoms with E-state index in [2.05, 4.69) is 32.2 Å². The van der Waals surface area contributed by atoms with E-state index in [0.29, 0.717) is 24.7 Å². The van der Waals surface area contributed by atoms with Crippen molar-refractivity contribution in [3.8, 4) is 5.69 Å². The number of ketones is 1. The number of aromatic nitrogens is 7. The van der Waals surface area contributed by atoms with Crippen molar-refractivity contribution in [1.82, 2.24) is 39.9 Å². The van der Waals surface area contributed by atoms with E-state index in [1.807, 2.05) is 35.2 Å². The highest BCUT2D eigenvalue weighted by Crippen LogP contribution is 2.17. The van der Waals surface area contributed by atoms with Crippen molar-refractivity contribution in [2.45, 2.75) is 0 Å². The fraction of sp³-hybridized carbons (Fsp3) is 0.200. The highest BCUT2D eigenvalue weighted by atomic mass is 19.1. The maximum atomic E-state index is 14.9. The standard InChI is InChI=1S/C25H25FN10O2/c1-3-18(26)20-17(15-28-22(20)21(27)19-9-10-33(2)30-19)23(37)24(38)34-11-13-35(14-12-34)25-29-31-32-36(25)16-7-5-4-6-8-16/h3-10,15,28H,1,11-14,27H2,2H3/b20-18+,22-21+. The molecule has 0 radical (unpaired) electrons. The molecule has 1 fully saturated rings. The van der Waals surface area contributed by atoms with Crippen LogP contribution in [0.2, 0.25) is 0 Å². The summed E-state index contributed by atoms with van der Waals surface area (Å²) in [6.07, 6.45) is 3.94. The molecule has 0 spiro atoms.